The Morgan fingerprint density at radius 1 is 1.00 bits per heavy atom. The fourth-order valence-electron chi connectivity index (χ4n) is 1.89. The van der Waals surface area contributed by atoms with Crippen molar-refractivity contribution in [2.75, 3.05) is 0 Å². The molecule has 0 aliphatic heterocycles. The first-order chi connectivity index (χ1) is 10.3. The van der Waals surface area contributed by atoms with Gasteiger partial charge in [0.25, 0.3) is 5.89 Å². The SMILES string of the molecule is Cc1ccc(-c2noc(-c3ccc(N=C=O)cc3)n2)cc1. The van der Waals surface area contributed by atoms with E-state index in [0.29, 0.717) is 17.4 Å². The Balaban J connectivity index is 1.90. The predicted octanol–water partition coefficient (Wildman–Crippen LogP) is 3.68. The van der Waals surface area contributed by atoms with Gasteiger partial charge in [0.15, 0.2) is 0 Å². The van der Waals surface area contributed by atoms with E-state index in [2.05, 4.69) is 15.1 Å². The monoisotopic (exact) mass is 277 g/mol. The molecule has 3 rings (SSSR count). The Labute approximate surface area is 121 Å². The van der Waals surface area contributed by atoms with Gasteiger partial charge in [-0.3, -0.25) is 0 Å². The summed E-state index contributed by atoms with van der Waals surface area (Å²) in [6, 6.07) is 14.8. The fraction of sp³-hybridized carbons (Fsp3) is 0.0625. The van der Waals surface area contributed by atoms with Gasteiger partial charge in [0.1, 0.15) is 0 Å². The molecule has 0 saturated carbocycles. The zero-order valence-electron chi connectivity index (χ0n) is 11.3. The maximum atomic E-state index is 10.2. The topological polar surface area (TPSA) is 68.3 Å². The van der Waals surface area contributed by atoms with Gasteiger partial charge in [0, 0.05) is 11.1 Å². The van der Waals surface area contributed by atoms with Gasteiger partial charge >= 0.3 is 0 Å². The van der Waals surface area contributed by atoms with Crippen LogP contribution in [-0.2, 0) is 4.79 Å². The lowest BCUT2D eigenvalue weighted by Crippen LogP contribution is -1.81. The summed E-state index contributed by atoms with van der Waals surface area (Å²) in [6.07, 6.45) is 1.50. The van der Waals surface area contributed by atoms with Crippen molar-refractivity contribution in [2.24, 2.45) is 4.99 Å². The molecule has 5 heteroatoms. The summed E-state index contributed by atoms with van der Waals surface area (Å²) in [5.41, 5.74) is 3.38. The first-order valence-electron chi connectivity index (χ1n) is 6.35. The number of hydrogen-bond donors (Lipinski definition) is 0. The molecule has 0 fully saturated rings. The van der Waals surface area contributed by atoms with Crippen molar-refractivity contribution in [3.8, 4) is 22.8 Å². The minimum Gasteiger partial charge on any atom is -0.334 e. The van der Waals surface area contributed by atoms with Crippen LogP contribution in [0.3, 0.4) is 0 Å². The van der Waals surface area contributed by atoms with Crippen molar-refractivity contribution in [1.82, 2.24) is 10.1 Å². The highest BCUT2D eigenvalue weighted by molar-refractivity contribution is 5.62. The lowest BCUT2D eigenvalue weighted by Gasteiger charge is -1.95. The number of isocyanates is 1. The van der Waals surface area contributed by atoms with Crippen LogP contribution in [0.1, 0.15) is 5.56 Å². The summed E-state index contributed by atoms with van der Waals surface area (Å²) in [7, 11) is 0. The molecule has 1 aromatic heterocycles. The largest absolute Gasteiger partial charge is 0.334 e. The number of carbonyl (C=O) groups excluding carboxylic acids is 1. The van der Waals surface area contributed by atoms with Crippen LogP contribution in [0.2, 0.25) is 0 Å². The second kappa shape index (κ2) is 5.53. The van der Waals surface area contributed by atoms with Gasteiger partial charge in [-0.15, -0.1) is 0 Å². The van der Waals surface area contributed by atoms with E-state index in [1.165, 1.54) is 11.6 Å². The van der Waals surface area contributed by atoms with E-state index in [0.717, 1.165) is 11.1 Å². The van der Waals surface area contributed by atoms with Crippen LogP contribution in [0.4, 0.5) is 5.69 Å². The Morgan fingerprint density at radius 2 is 1.67 bits per heavy atom. The molecule has 3 aromatic rings. The molecule has 0 spiro atoms. The van der Waals surface area contributed by atoms with E-state index in [9.17, 15) is 4.79 Å². The Morgan fingerprint density at radius 3 is 2.33 bits per heavy atom. The minimum absolute atomic E-state index is 0.423. The number of rotatable bonds is 3. The molecular formula is C16H11N3O2. The van der Waals surface area contributed by atoms with E-state index in [1.807, 2.05) is 31.2 Å². The van der Waals surface area contributed by atoms with Gasteiger partial charge in [0.2, 0.25) is 11.9 Å². The molecule has 5 nitrogen and oxygen atoms in total. The molecule has 0 aliphatic carbocycles. The molecule has 0 unspecified atom stereocenters. The van der Waals surface area contributed by atoms with E-state index in [1.54, 1.807) is 24.3 Å². The number of aryl methyl sites for hydroxylation is 1. The molecule has 0 N–H and O–H groups in total. The smallest absolute Gasteiger partial charge is 0.258 e. The van der Waals surface area contributed by atoms with Crippen molar-refractivity contribution in [1.29, 1.82) is 0 Å². The molecule has 0 bridgehead atoms. The van der Waals surface area contributed by atoms with Gasteiger partial charge in [-0.05, 0) is 31.2 Å². The third-order valence-corrected chi connectivity index (χ3v) is 3.02. The summed E-state index contributed by atoms with van der Waals surface area (Å²) in [4.78, 5) is 18.1. The third kappa shape index (κ3) is 2.78. The van der Waals surface area contributed by atoms with Crippen LogP contribution in [-0.4, -0.2) is 16.2 Å². The maximum absolute atomic E-state index is 10.2. The van der Waals surface area contributed by atoms with Crippen LogP contribution in [0.15, 0.2) is 58.0 Å². The van der Waals surface area contributed by atoms with Gasteiger partial charge in [-0.25, -0.2) is 4.79 Å². The lowest BCUT2D eigenvalue weighted by atomic mass is 10.1. The second-order valence-corrected chi connectivity index (χ2v) is 4.54. The number of aliphatic imine (C=N–C) groups is 1. The Hall–Kier alpha value is -3.04. The van der Waals surface area contributed by atoms with Gasteiger partial charge in [-0.2, -0.15) is 9.98 Å². The standard InChI is InChI=1S/C16H11N3O2/c1-11-2-4-12(5-3-11)15-18-16(21-19-15)13-6-8-14(9-7-13)17-10-20/h2-9H,1H3. The quantitative estimate of drug-likeness (QED) is 0.541. The van der Waals surface area contributed by atoms with Crippen LogP contribution in [0.25, 0.3) is 22.8 Å². The van der Waals surface area contributed by atoms with Crippen molar-refractivity contribution in [3.63, 3.8) is 0 Å². The number of hydrogen-bond acceptors (Lipinski definition) is 5. The third-order valence-electron chi connectivity index (χ3n) is 3.02. The predicted molar refractivity (Wildman–Crippen MR) is 77.7 cm³/mol. The second-order valence-electron chi connectivity index (χ2n) is 4.54. The van der Waals surface area contributed by atoms with E-state index in [-0.39, 0.29) is 0 Å². The normalized spacial score (nSPS) is 10.1. The molecule has 2 aromatic carbocycles. The van der Waals surface area contributed by atoms with E-state index >= 15 is 0 Å². The van der Waals surface area contributed by atoms with Crippen molar-refractivity contribution < 1.29 is 9.32 Å². The number of nitrogens with zero attached hydrogens (tertiary/aromatic N) is 3. The number of benzene rings is 2. The van der Waals surface area contributed by atoms with Crippen molar-refractivity contribution in [2.45, 2.75) is 6.92 Å². The molecule has 0 saturated heterocycles. The highest BCUT2D eigenvalue weighted by atomic mass is 16.5. The minimum atomic E-state index is 0.423. The van der Waals surface area contributed by atoms with E-state index < -0.39 is 0 Å². The van der Waals surface area contributed by atoms with Crippen LogP contribution in [0, 0.1) is 6.92 Å². The summed E-state index contributed by atoms with van der Waals surface area (Å²) in [5.74, 6) is 0.965. The molecule has 0 amide bonds. The summed E-state index contributed by atoms with van der Waals surface area (Å²) >= 11 is 0. The lowest BCUT2D eigenvalue weighted by molar-refractivity contribution is 0.432. The summed E-state index contributed by atoms with van der Waals surface area (Å²) < 4.78 is 5.27. The maximum Gasteiger partial charge on any atom is 0.258 e. The summed E-state index contributed by atoms with van der Waals surface area (Å²) in [5, 5.41) is 3.98. The van der Waals surface area contributed by atoms with Crippen LogP contribution >= 0.6 is 0 Å². The van der Waals surface area contributed by atoms with Gasteiger partial charge in [0.05, 0.1) is 5.69 Å². The molecular weight excluding hydrogens is 266 g/mol. The van der Waals surface area contributed by atoms with Crippen molar-refractivity contribution >= 4 is 11.8 Å². The molecule has 0 radical (unpaired) electrons. The Bertz CT molecular complexity index is 798. The average molecular weight is 277 g/mol. The fourth-order valence-corrected chi connectivity index (χ4v) is 1.89. The molecule has 0 atom stereocenters. The molecule has 102 valence electrons. The molecule has 21 heavy (non-hydrogen) atoms. The van der Waals surface area contributed by atoms with Crippen LogP contribution < -0.4 is 0 Å². The zero-order valence-corrected chi connectivity index (χ0v) is 11.3. The van der Waals surface area contributed by atoms with E-state index in [4.69, 9.17) is 4.52 Å². The highest BCUT2D eigenvalue weighted by Gasteiger charge is 2.10. The average Bonchev–Trinajstić information content (AvgIpc) is 2.99. The zero-order chi connectivity index (χ0) is 14.7. The molecule has 0 aliphatic rings. The summed E-state index contributed by atoms with van der Waals surface area (Å²) in [6.45, 7) is 2.02. The highest BCUT2D eigenvalue weighted by Crippen LogP contribution is 2.24. The van der Waals surface area contributed by atoms with Gasteiger partial charge < -0.3 is 4.52 Å². The Kier molecular flexibility index (Phi) is 3.41. The van der Waals surface area contributed by atoms with Crippen molar-refractivity contribution in [3.05, 3.63) is 54.1 Å². The molecule has 1 heterocycles. The first-order valence-corrected chi connectivity index (χ1v) is 6.35. The number of aromatic nitrogens is 2. The first kappa shape index (κ1) is 13.0. The van der Waals surface area contributed by atoms with Crippen LogP contribution in [0.5, 0.6) is 0 Å². The van der Waals surface area contributed by atoms with Gasteiger partial charge in [-0.1, -0.05) is 35.0 Å².